The van der Waals surface area contributed by atoms with Gasteiger partial charge < -0.3 is 15.4 Å². The quantitative estimate of drug-likeness (QED) is 0.522. The van der Waals surface area contributed by atoms with Crippen molar-refractivity contribution in [1.29, 1.82) is 0 Å². The molecule has 4 aromatic rings. The molecular weight excluding hydrogens is 370 g/mol. The number of amides is 1. The van der Waals surface area contributed by atoms with Gasteiger partial charge in [-0.2, -0.15) is 9.50 Å². The highest BCUT2D eigenvalue weighted by molar-refractivity contribution is 5.93. The summed E-state index contributed by atoms with van der Waals surface area (Å²) in [6, 6.07) is 12.6. The molecule has 0 atom stereocenters. The lowest BCUT2D eigenvalue weighted by molar-refractivity contribution is -0.114. The Morgan fingerprint density at radius 1 is 1.17 bits per heavy atom. The Kier molecular flexibility index (Phi) is 5.02. The summed E-state index contributed by atoms with van der Waals surface area (Å²) in [5.41, 5.74) is 2.24. The van der Waals surface area contributed by atoms with Crippen LogP contribution >= 0.6 is 0 Å². The van der Waals surface area contributed by atoms with Crippen LogP contribution in [0.4, 0.5) is 11.5 Å². The Hall–Kier alpha value is -4.01. The molecule has 0 spiro atoms. The van der Waals surface area contributed by atoms with Gasteiger partial charge in [0.2, 0.25) is 5.91 Å². The topological polar surface area (TPSA) is 106 Å². The maximum absolute atomic E-state index is 12.3. The van der Waals surface area contributed by atoms with Crippen molar-refractivity contribution in [2.24, 2.45) is 0 Å². The van der Waals surface area contributed by atoms with Gasteiger partial charge in [0.05, 0.1) is 13.7 Å². The molecule has 0 aliphatic rings. The van der Waals surface area contributed by atoms with Crippen LogP contribution in [0.2, 0.25) is 0 Å². The summed E-state index contributed by atoms with van der Waals surface area (Å²) in [5.74, 6) is 2.13. The molecule has 4 rings (SSSR count). The van der Waals surface area contributed by atoms with E-state index >= 15 is 0 Å². The summed E-state index contributed by atoms with van der Waals surface area (Å²) >= 11 is 0. The van der Waals surface area contributed by atoms with Crippen LogP contribution in [0.25, 0.3) is 17.2 Å². The Morgan fingerprint density at radius 2 is 2.00 bits per heavy atom. The van der Waals surface area contributed by atoms with Gasteiger partial charge in [-0.25, -0.2) is 4.98 Å². The first-order chi connectivity index (χ1) is 14.1. The van der Waals surface area contributed by atoms with Gasteiger partial charge in [-0.15, -0.1) is 5.10 Å². The molecule has 3 aromatic heterocycles. The molecule has 1 aromatic carbocycles. The fraction of sp³-hybridized carbons (Fsp3) is 0.150. The third kappa shape index (κ3) is 4.13. The Morgan fingerprint density at radius 3 is 2.72 bits per heavy atom. The molecule has 9 heteroatoms. The highest BCUT2D eigenvalue weighted by atomic mass is 16.5. The molecule has 0 unspecified atom stereocenters. The van der Waals surface area contributed by atoms with E-state index < -0.39 is 0 Å². The van der Waals surface area contributed by atoms with Gasteiger partial charge in [0.1, 0.15) is 11.6 Å². The second kappa shape index (κ2) is 7.93. The van der Waals surface area contributed by atoms with Crippen molar-refractivity contribution in [2.45, 2.75) is 6.92 Å². The summed E-state index contributed by atoms with van der Waals surface area (Å²) in [5, 5.41) is 10.4. The fourth-order valence-electron chi connectivity index (χ4n) is 2.78. The predicted octanol–water partition coefficient (Wildman–Crippen LogP) is 2.55. The number of anilines is 2. The van der Waals surface area contributed by atoms with E-state index in [1.54, 1.807) is 48.3 Å². The molecule has 146 valence electrons. The molecule has 2 N–H and O–H groups in total. The average molecular weight is 389 g/mol. The second-order valence-corrected chi connectivity index (χ2v) is 6.30. The molecule has 9 nitrogen and oxygen atoms in total. The van der Waals surface area contributed by atoms with E-state index in [0.717, 1.165) is 17.0 Å². The van der Waals surface area contributed by atoms with Gasteiger partial charge in [0, 0.05) is 35.4 Å². The van der Waals surface area contributed by atoms with Crippen LogP contribution in [0.3, 0.4) is 0 Å². The second-order valence-electron chi connectivity index (χ2n) is 6.30. The number of benzene rings is 1. The van der Waals surface area contributed by atoms with E-state index in [0.29, 0.717) is 23.1 Å². The summed E-state index contributed by atoms with van der Waals surface area (Å²) in [4.78, 5) is 25.3. The van der Waals surface area contributed by atoms with Crippen molar-refractivity contribution in [3.8, 4) is 17.1 Å². The van der Waals surface area contributed by atoms with Crippen LogP contribution in [0, 0.1) is 6.92 Å². The molecule has 0 aliphatic carbocycles. The Balaban J connectivity index is 1.51. The van der Waals surface area contributed by atoms with Gasteiger partial charge in [-0.05, 0) is 43.3 Å². The predicted molar refractivity (Wildman–Crippen MR) is 109 cm³/mol. The van der Waals surface area contributed by atoms with Crippen molar-refractivity contribution in [3.05, 3.63) is 60.6 Å². The molecule has 29 heavy (non-hydrogen) atoms. The minimum absolute atomic E-state index is 0.0622. The van der Waals surface area contributed by atoms with Crippen molar-refractivity contribution >= 4 is 23.2 Å². The Bertz CT molecular complexity index is 1140. The number of fused-ring (bicyclic) bond motifs is 1. The van der Waals surface area contributed by atoms with Crippen molar-refractivity contribution in [1.82, 2.24) is 24.6 Å². The number of methoxy groups -OCH3 is 1. The zero-order valence-electron chi connectivity index (χ0n) is 16.0. The van der Waals surface area contributed by atoms with E-state index in [4.69, 9.17) is 4.74 Å². The minimum atomic E-state index is -0.189. The number of aromatic nitrogens is 5. The van der Waals surface area contributed by atoms with Crippen LogP contribution < -0.4 is 15.4 Å². The number of aryl methyl sites for hydroxylation is 1. The molecule has 0 saturated carbocycles. The number of ether oxygens (including phenoxy) is 1. The number of hydrogen-bond donors (Lipinski definition) is 2. The monoisotopic (exact) mass is 389 g/mol. The number of nitrogens with zero attached hydrogens (tertiary/aromatic N) is 5. The smallest absolute Gasteiger partial charge is 0.254 e. The van der Waals surface area contributed by atoms with Crippen LogP contribution in [0.15, 0.2) is 54.9 Å². The number of rotatable bonds is 6. The van der Waals surface area contributed by atoms with Gasteiger partial charge in [-0.1, -0.05) is 0 Å². The Labute approximate surface area is 166 Å². The van der Waals surface area contributed by atoms with Gasteiger partial charge >= 0.3 is 0 Å². The molecule has 3 heterocycles. The van der Waals surface area contributed by atoms with E-state index in [2.05, 4.69) is 30.7 Å². The number of carbonyl (C=O) groups excluding carboxylic acids is 1. The lowest BCUT2D eigenvalue weighted by Gasteiger charge is -2.09. The standard InChI is InChI=1S/C20H19N7O2/c1-13-10-17(22-12-18(28)24-15-5-7-16(29-2)8-6-15)27-20(23-13)25-19(26-27)14-4-3-9-21-11-14/h3-11,22H,12H2,1-2H3,(H,24,28). The summed E-state index contributed by atoms with van der Waals surface area (Å²) in [6.45, 7) is 1.92. The summed E-state index contributed by atoms with van der Waals surface area (Å²) in [7, 11) is 1.60. The van der Waals surface area contributed by atoms with E-state index in [-0.39, 0.29) is 12.5 Å². The zero-order valence-corrected chi connectivity index (χ0v) is 16.0. The molecule has 0 radical (unpaired) electrons. The summed E-state index contributed by atoms with van der Waals surface area (Å²) < 4.78 is 6.69. The number of nitrogens with one attached hydrogen (secondary N) is 2. The van der Waals surface area contributed by atoms with Crippen LogP contribution in [-0.4, -0.2) is 44.1 Å². The van der Waals surface area contributed by atoms with Crippen LogP contribution in [0.5, 0.6) is 5.75 Å². The normalized spacial score (nSPS) is 10.7. The SMILES string of the molecule is COc1ccc(NC(=O)CNc2cc(C)nc3nc(-c4cccnc4)nn23)cc1. The van der Waals surface area contributed by atoms with Crippen molar-refractivity contribution < 1.29 is 9.53 Å². The third-order valence-electron chi connectivity index (χ3n) is 4.16. The average Bonchev–Trinajstić information content (AvgIpc) is 3.17. The fourth-order valence-corrected chi connectivity index (χ4v) is 2.78. The highest BCUT2D eigenvalue weighted by Gasteiger charge is 2.12. The lowest BCUT2D eigenvalue weighted by Crippen LogP contribution is -2.23. The van der Waals surface area contributed by atoms with Gasteiger partial charge in [-0.3, -0.25) is 9.78 Å². The largest absolute Gasteiger partial charge is 0.497 e. The molecule has 1 amide bonds. The van der Waals surface area contributed by atoms with E-state index in [9.17, 15) is 4.79 Å². The number of hydrogen-bond acceptors (Lipinski definition) is 7. The molecular formula is C20H19N7O2. The first kappa shape index (κ1) is 18.4. The summed E-state index contributed by atoms with van der Waals surface area (Å²) in [6.07, 6.45) is 3.38. The lowest BCUT2D eigenvalue weighted by atomic mass is 10.3. The third-order valence-corrected chi connectivity index (χ3v) is 4.16. The van der Waals surface area contributed by atoms with Crippen LogP contribution in [0.1, 0.15) is 5.69 Å². The van der Waals surface area contributed by atoms with Crippen molar-refractivity contribution in [3.63, 3.8) is 0 Å². The first-order valence-corrected chi connectivity index (χ1v) is 8.95. The number of carbonyl (C=O) groups is 1. The maximum Gasteiger partial charge on any atom is 0.254 e. The zero-order chi connectivity index (χ0) is 20.2. The van der Waals surface area contributed by atoms with Crippen LogP contribution in [-0.2, 0) is 4.79 Å². The molecule has 0 saturated heterocycles. The molecule has 0 fully saturated rings. The first-order valence-electron chi connectivity index (χ1n) is 8.95. The molecule has 0 aliphatic heterocycles. The van der Waals surface area contributed by atoms with E-state index in [1.807, 2.05) is 25.1 Å². The minimum Gasteiger partial charge on any atom is -0.497 e. The van der Waals surface area contributed by atoms with E-state index in [1.165, 1.54) is 0 Å². The maximum atomic E-state index is 12.3. The van der Waals surface area contributed by atoms with Crippen molar-refractivity contribution in [2.75, 3.05) is 24.3 Å². The van der Waals surface area contributed by atoms with Gasteiger partial charge in [0.25, 0.3) is 5.78 Å². The highest BCUT2D eigenvalue weighted by Crippen LogP contribution is 2.18. The molecule has 0 bridgehead atoms. The van der Waals surface area contributed by atoms with Gasteiger partial charge in [0.15, 0.2) is 5.82 Å². The number of pyridine rings is 1.